The third-order valence-corrected chi connectivity index (χ3v) is 5.50. The van der Waals surface area contributed by atoms with Gasteiger partial charge < -0.3 is 10.1 Å². The predicted molar refractivity (Wildman–Crippen MR) is 87.5 cm³/mol. The van der Waals surface area contributed by atoms with Crippen molar-refractivity contribution in [2.45, 2.75) is 38.8 Å². The molecule has 22 heavy (non-hydrogen) atoms. The van der Waals surface area contributed by atoms with Crippen LogP contribution in [0.4, 0.5) is 4.79 Å². The van der Waals surface area contributed by atoms with E-state index in [4.69, 9.17) is 4.74 Å². The number of ether oxygens (including phenoxy) is 1. The van der Waals surface area contributed by atoms with Crippen LogP contribution in [0.3, 0.4) is 0 Å². The Kier molecular flexibility index (Phi) is 4.27. The molecule has 118 valence electrons. The van der Waals surface area contributed by atoms with Gasteiger partial charge in [0.15, 0.2) is 0 Å². The summed E-state index contributed by atoms with van der Waals surface area (Å²) in [6, 6.07) is 3.46. The normalized spacial score (nSPS) is 21.9. The minimum absolute atomic E-state index is 0.137. The quantitative estimate of drug-likeness (QED) is 0.807. The molecule has 1 aliphatic carbocycles. The van der Waals surface area contributed by atoms with E-state index in [0.29, 0.717) is 17.9 Å². The van der Waals surface area contributed by atoms with Gasteiger partial charge in [0.25, 0.3) is 0 Å². The topological polar surface area (TPSA) is 58.6 Å². The van der Waals surface area contributed by atoms with Gasteiger partial charge in [-0.15, -0.1) is 11.3 Å². The Labute approximate surface area is 141 Å². The summed E-state index contributed by atoms with van der Waals surface area (Å²) in [6.45, 7) is 3.93. The Morgan fingerprint density at radius 1 is 1.50 bits per heavy atom. The summed E-state index contributed by atoms with van der Waals surface area (Å²) < 4.78 is 6.17. The highest BCUT2D eigenvalue weighted by atomic mass is 79.9. The summed E-state index contributed by atoms with van der Waals surface area (Å²) in [5.41, 5.74) is 1.24. The SMILES string of the molecule is CCOC(=O)C1=C(C)N(C2CC2)C(=O)N[C@@H]1c1ccc(Br)s1. The van der Waals surface area contributed by atoms with Crippen molar-refractivity contribution in [3.05, 3.63) is 32.1 Å². The second-order valence-electron chi connectivity index (χ2n) is 5.35. The van der Waals surface area contributed by atoms with E-state index >= 15 is 0 Å². The molecule has 0 unspecified atom stereocenters. The fourth-order valence-corrected chi connectivity index (χ4v) is 4.18. The summed E-state index contributed by atoms with van der Waals surface area (Å²) in [7, 11) is 0. The summed E-state index contributed by atoms with van der Waals surface area (Å²) in [4.78, 5) is 27.5. The maximum atomic E-state index is 12.4. The van der Waals surface area contributed by atoms with Crippen LogP contribution in [0, 0.1) is 0 Å². The Bertz CT molecular complexity index is 651. The van der Waals surface area contributed by atoms with Crippen molar-refractivity contribution < 1.29 is 14.3 Å². The molecule has 3 rings (SSSR count). The molecule has 0 spiro atoms. The Morgan fingerprint density at radius 2 is 2.23 bits per heavy atom. The highest BCUT2D eigenvalue weighted by Gasteiger charge is 2.42. The molecule has 0 aromatic carbocycles. The molecule has 7 heteroatoms. The van der Waals surface area contributed by atoms with Gasteiger partial charge in [0.05, 0.1) is 22.0 Å². The molecule has 0 saturated heterocycles. The fourth-order valence-electron chi connectivity index (χ4n) is 2.70. The van der Waals surface area contributed by atoms with E-state index in [2.05, 4.69) is 21.2 Å². The van der Waals surface area contributed by atoms with Crippen molar-refractivity contribution in [2.75, 3.05) is 6.61 Å². The minimum Gasteiger partial charge on any atom is -0.463 e. The molecule has 5 nitrogen and oxygen atoms in total. The Balaban J connectivity index is 2.04. The van der Waals surface area contributed by atoms with Crippen molar-refractivity contribution in [1.82, 2.24) is 10.2 Å². The van der Waals surface area contributed by atoms with Gasteiger partial charge in [-0.1, -0.05) is 0 Å². The van der Waals surface area contributed by atoms with Crippen LogP contribution in [0.15, 0.2) is 27.2 Å². The number of nitrogens with one attached hydrogen (secondary N) is 1. The molecule has 2 aliphatic rings. The van der Waals surface area contributed by atoms with Crippen LogP contribution < -0.4 is 5.32 Å². The van der Waals surface area contributed by atoms with Crippen LogP contribution >= 0.6 is 27.3 Å². The van der Waals surface area contributed by atoms with Crippen molar-refractivity contribution in [3.63, 3.8) is 0 Å². The van der Waals surface area contributed by atoms with E-state index in [1.165, 1.54) is 11.3 Å². The highest BCUT2D eigenvalue weighted by molar-refractivity contribution is 9.11. The van der Waals surface area contributed by atoms with Gasteiger partial charge in [0.1, 0.15) is 0 Å². The molecule has 1 aromatic heterocycles. The monoisotopic (exact) mass is 384 g/mol. The molecule has 1 fully saturated rings. The van der Waals surface area contributed by atoms with E-state index < -0.39 is 6.04 Å². The zero-order valence-corrected chi connectivity index (χ0v) is 14.8. The van der Waals surface area contributed by atoms with Crippen molar-refractivity contribution in [3.8, 4) is 0 Å². The van der Waals surface area contributed by atoms with Crippen LogP contribution in [0.2, 0.25) is 0 Å². The number of rotatable bonds is 4. The number of urea groups is 1. The second-order valence-corrected chi connectivity index (χ2v) is 7.84. The molecule has 2 amide bonds. The number of amides is 2. The maximum Gasteiger partial charge on any atom is 0.338 e. The lowest BCUT2D eigenvalue weighted by Crippen LogP contribution is -2.48. The molecule has 0 radical (unpaired) electrons. The number of carbonyl (C=O) groups excluding carboxylic acids is 2. The van der Waals surface area contributed by atoms with Crippen LogP contribution in [-0.4, -0.2) is 29.5 Å². The van der Waals surface area contributed by atoms with E-state index in [1.807, 2.05) is 19.1 Å². The van der Waals surface area contributed by atoms with Gasteiger partial charge in [-0.3, -0.25) is 4.90 Å². The molecule has 1 saturated carbocycles. The molecule has 1 aromatic rings. The molecule has 0 bridgehead atoms. The first kappa shape index (κ1) is 15.6. The fraction of sp³-hybridized carbons (Fsp3) is 0.467. The first-order valence-corrected chi connectivity index (χ1v) is 8.86. The summed E-state index contributed by atoms with van der Waals surface area (Å²) in [6.07, 6.45) is 1.96. The summed E-state index contributed by atoms with van der Waals surface area (Å²) in [5.74, 6) is -0.361. The van der Waals surface area contributed by atoms with Gasteiger partial charge in [-0.25, -0.2) is 9.59 Å². The van der Waals surface area contributed by atoms with Gasteiger partial charge in [0.2, 0.25) is 0 Å². The van der Waals surface area contributed by atoms with Gasteiger partial charge >= 0.3 is 12.0 Å². The van der Waals surface area contributed by atoms with E-state index in [-0.39, 0.29) is 18.0 Å². The lowest BCUT2D eigenvalue weighted by molar-refractivity contribution is -0.139. The molecule has 1 N–H and O–H groups in total. The number of halogens is 1. The number of hydrogen-bond donors (Lipinski definition) is 1. The van der Waals surface area contributed by atoms with Crippen LogP contribution in [0.5, 0.6) is 0 Å². The van der Waals surface area contributed by atoms with Gasteiger partial charge in [-0.2, -0.15) is 0 Å². The first-order chi connectivity index (χ1) is 10.5. The predicted octanol–water partition coefficient (Wildman–Crippen LogP) is 3.58. The zero-order valence-electron chi connectivity index (χ0n) is 12.4. The highest BCUT2D eigenvalue weighted by Crippen LogP contribution is 2.40. The number of nitrogens with zero attached hydrogens (tertiary/aromatic N) is 1. The lowest BCUT2D eigenvalue weighted by atomic mass is 10.0. The second kappa shape index (κ2) is 6.04. The van der Waals surface area contributed by atoms with E-state index in [0.717, 1.165) is 21.5 Å². The number of allylic oxidation sites excluding steroid dienone is 1. The Morgan fingerprint density at radius 3 is 2.77 bits per heavy atom. The van der Waals surface area contributed by atoms with Gasteiger partial charge in [-0.05, 0) is 54.8 Å². The van der Waals surface area contributed by atoms with Crippen LogP contribution in [-0.2, 0) is 9.53 Å². The number of carbonyl (C=O) groups is 2. The minimum atomic E-state index is -0.446. The zero-order chi connectivity index (χ0) is 15.9. The van der Waals surface area contributed by atoms with Crippen LogP contribution in [0.25, 0.3) is 0 Å². The first-order valence-electron chi connectivity index (χ1n) is 7.25. The number of thiophene rings is 1. The smallest absolute Gasteiger partial charge is 0.338 e. The average Bonchev–Trinajstić information content (AvgIpc) is 3.19. The van der Waals surface area contributed by atoms with Crippen molar-refractivity contribution in [2.24, 2.45) is 0 Å². The lowest BCUT2D eigenvalue weighted by Gasteiger charge is -2.35. The summed E-state index contributed by atoms with van der Waals surface area (Å²) >= 11 is 4.93. The van der Waals surface area contributed by atoms with Crippen LogP contribution in [0.1, 0.15) is 37.6 Å². The molecular formula is C15H17BrN2O3S. The van der Waals surface area contributed by atoms with Crippen molar-refractivity contribution in [1.29, 1.82) is 0 Å². The molecule has 1 atom stereocenters. The standard InChI is InChI=1S/C15H17BrN2O3S/c1-3-21-14(19)12-8(2)18(9-4-5-9)15(20)17-13(12)10-6-7-11(16)22-10/h6-7,9,13H,3-5H2,1-2H3,(H,17,20)/t13-/m1/s1. The molecular weight excluding hydrogens is 368 g/mol. The summed E-state index contributed by atoms with van der Waals surface area (Å²) in [5, 5.41) is 2.96. The number of esters is 1. The molecule has 1 aliphatic heterocycles. The number of hydrogen-bond acceptors (Lipinski definition) is 4. The van der Waals surface area contributed by atoms with E-state index in [1.54, 1.807) is 11.8 Å². The van der Waals surface area contributed by atoms with E-state index in [9.17, 15) is 9.59 Å². The third-order valence-electron chi connectivity index (χ3n) is 3.81. The largest absolute Gasteiger partial charge is 0.463 e. The average molecular weight is 385 g/mol. The third kappa shape index (κ3) is 2.79. The van der Waals surface area contributed by atoms with Crippen molar-refractivity contribution >= 4 is 39.3 Å². The molecule has 2 heterocycles. The maximum absolute atomic E-state index is 12.4. The van der Waals surface area contributed by atoms with Gasteiger partial charge in [0, 0.05) is 16.6 Å². The Hall–Kier alpha value is -1.34.